The molecule has 4 aromatic heterocycles. The van der Waals surface area contributed by atoms with Gasteiger partial charge >= 0.3 is 0 Å². The van der Waals surface area contributed by atoms with E-state index in [1.165, 1.54) is 33.4 Å². The number of anilines is 2. The second-order valence-electron chi connectivity index (χ2n) is 14.0. The number of aromatic nitrogens is 8. The largest absolute Gasteiger partial charge is 0.497 e. The van der Waals surface area contributed by atoms with Crippen molar-refractivity contribution < 1.29 is 4.74 Å². The van der Waals surface area contributed by atoms with Crippen LogP contribution in [0.2, 0.25) is 10.0 Å². The summed E-state index contributed by atoms with van der Waals surface area (Å²) >= 11 is 16.3. The Morgan fingerprint density at radius 1 is 0.737 bits per heavy atom. The van der Waals surface area contributed by atoms with Crippen LogP contribution < -0.4 is 15.4 Å². The molecule has 0 saturated carbocycles. The zero-order valence-electron chi connectivity index (χ0n) is 32.4. The van der Waals surface area contributed by atoms with Crippen molar-refractivity contribution in [1.29, 1.82) is 0 Å². The number of fused-ring (bicyclic) bond motifs is 2. The SMILES string of the molecule is COc1ccc(Cn2nccc2-c2nn(C)c3c2C(c2ccc(Cl)cc2C)SCCN3)cc1.Cc1cc(Cl)ccc1C1SCCNc2c1c(-c1ccn[nH]1)nn2C. The first-order chi connectivity index (χ1) is 27.7. The second-order valence-corrected chi connectivity index (χ2v) is 17.3. The number of thioether (sulfide) groups is 2. The number of methoxy groups -OCH3 is 1. The summed E-state index contributed by atoms with van der Waals surface area (Å²) in [5.74, 6) is 5.02. The van der Waals surface area contributed by atoms with E-state index in [0.29, 0.717) is 6.54 Å². The van der Waals surface area contributed by atoms with Gasteiger partial charge in [-0.15, -0.1) is 23.5 Å². The van der Waals surface area contributed by atoms with E-state index >= 15 is 0 Å². The van der Waals surface area contributed by atoms with Crippen LogP contribution in [0.5, 0.6) is 5.75 Å². The van der Waals surface area contributed by atoms with E-state index in [1.54, 1.807) is 13.3 Å². The molecule has 2 atom stereocenters. The number of halogens is 2. The third kappa shape index (κ3) is 8.03. The van der Waals surface area contributed by atoms with Gasteiger partial charge in [0, 0.05) is 72.3 Å². The Labute approximate surface area is 350 Å². The summed E-state index contributed by atoms with van der Waals surface area (Å²) in [6.45, 7) is 6.71. The number of nitrogens with zero attached hydrogens (tertiary/aromatic N) is 7. The van der Waals surface area contributed by atoms with Crippen molar-refractivity contribution in [1.82, 2.24) is 39.5 Å². The van der Waals surface area contributed by atoms with Gasteiger partial charge in [-0.3, -0.25) is 19.1 Å². The van der Waals surface area contributed by atoms with Crippen molar-refractivity contribution in [2.45, 2.75) is 30.9 Å². The van der Waals surface area contributed by atoms with Crippen molar-refractivity contribution in [2.75, 3.05) is 42.3 Å². The van der Waals surface area contributed by atoms with E-state index in [1.807, 2.05) is 106 Å². The minimum absolute atomic E-state index is 0.153. The average molecular weight is 840 g/mol. The Kier molecular flexibility index (Phi) is 11.6. The summed E-state index contributed by atoms with van der Waals surface area (Å²) in [4.78, 5) is 0. The minimum atomic E-state index is 0.153. The first kappa shape index (κ1) is 39.0. The normalized spacial score (nSPS) is 16.3. The van der Waals surface area contributed by atoms with Crippen LogP contribution in [0, 0.1) is 13.8 Å². The predicted octanol–water partition coefficient (Wildman–Crippen LogP) is 9.57. The van der Waals surface area contributed by atoms with E-state index in [0.717, 1.165) is 80.4 Å². The summed E-state index contributed by atoms with van der Waals surface area (Å²) in [6, 6.07) is 24.4. The zero-order chi connectivity index (χ0) is 39.6. The molecule has 7 aromatic rings. The monoisotopic (exact) mass is 838 g/mol. The maximum absolute atomic E-state index is 6.27. The summed E-state index contributed by atoms with van der Waals surface area (Å²) in [6.07, 6.45) is 3.61. The summed E-state index contributed by atoms with van der Waals surface area (Å²) < 4.78 is 11.2. The number of nitrogens with one attached hydrogen (secondary N) is 3. The second kappa shape index (κ2) is 17.0. The lowest BCUT2D eigenvalue weighted by Gasteiger charge is -2.19. The molecule has 3 aromatic carbocycles. The van der Waals surface area contributed by atoms with Crippen LogP contribution in [0.25, 0.3) is 22.8 Å². The van der Waals surface area contributed by atoms with Crippen molar-refractivity contribution in [3.05, 3.63) is 134 Å². The fraction of sp³-hybridized carbons (Fsp3) is 0.286. The van der Waals surface area contributed by atoms with Crippen molar-refractivity contribution >= 4 is 58.4 Å². The van der Waals surface area contributed by atoms with Gasteiger partial charge in [0.15, 0.2) is 0 Å². The molecule has 9 rings (SSSR count). The summed E-state index contributed by atoms with van der Waals surface area (Å²) in [5, 5.41) is 30.5. The molecule has 11 nitrogen and oxygen atoms in total. The molecule has 0 spiro atoms. The van der Waals surface area contributed by atoms with Gasteiger partial charge in [-0.05, 0) is 90.2 Å². The molecule has 0 aliphatic carbocycles. The van der Waals surface area contributed by atoms with E-state index in [9.17, 15) is 0 Å². The minimum Gasteiger partial charge on any atom is -0.497 e. The van der Waals surface area contributed by atoms with Crippen molar-refractivity contribution in [3.63, 3.8) is 0 Å². The molecule has 6 heterocycles. The number of aryl methyl sites for hydroxylation is 4. The molecular formula is C42H44Cl2N10OS2. The van der Waals surface area contributed by atoms with Gasteiger partial charge in [0.1, 0.15) is 28.8 Å². The van der Waals surface area contributed by atoms with Crippen LogP contribution >= 0.6 is 46.7 Å². The molecule has 2 aliphatic heterocycles. The summed E-state index contributed by atoms with van der Waals surface area (Å²) in [5.41, 5.74) is 12.3. The molecule has 294 valence electrons. The molecule has 15 heteroatoms. The highest BCUT2D eigenvalue weighted by atomic mass is 35.5. The molecular weight excluding hydrogens is 796 g/mol. The first-order valence-electron chi connectivity index (χ1n) is 18.7. The standard InChI is InChI=1S/C25H26ClN5OS.C17H18ClN5S/c1-16-14-18(26)6-9-20(16)24-22-23(29-30(2)25(22)27-12-13-33-24)21-10-11-28-31(21)15-17-4-7-19(32-3)8-5-17;1-10-9-11(18)3-4-12(10)16-14-15(13-5-6-20-21-13)22-23(2)17(14)19-7-8-24-16/h4-11,14,24,27H,12-13,15H2,1-3H3;3-6,9,16,19H,7-8H2,1-2H3,(H,20,21). The van der Waals surface area contributed by atoms with Gasteiger partial charge in [-0.25, -0.2) is 0 Å². The van der Waals surface area contributed by atoms with Gasteiger partial charge in [0.2, 0.25) is 0 Å². The first-order valence-corrected chi connectivity index (χ1v) is 21.6. The number of H-pyrrole nitrogens is 1. The number of benzene rings is 3. The smallest absolute Gasteiger partial charge is 0.129 e. The molecule has 57 heavy (non-hydrogen) atoms. The van der Waals surface area contributed by atoms with Crippen LogP contribution in [0.15, 0.2) is 85.2 Å². The summed E-state index contributed by atoms with van der Waals surface area (Å²) in [7, 11) is 5.66. The van der Waals surface area contributed by atoms with Crippen LogP contribution in [0.3, 0.4) is 0 Å². The predicted molar refractivity (Wildman–Crippen MR) is 235 cm³/mol. The lowest BCUT2D eigenvalue weighted by atomic mass is 9.98. The third-order valence-electron chi connectivity index (χ3n) is 10.3. The lowest BCUT2D eigenvalue weighted by Crippen LogP contribution is -2.06. The van der Waals surface area contributed by atoms with Crippen LogP contribution in [0.1, 0.15) is 49.4 Å². The van der Waals surface area contributed by atoms with Gasteiger partial charge < -0.3 is 15.4 Å². The maximum atomic E-state index is 6.27. The van der Waals surface area contributed by atoms with Gasteiger partial charge in [-0.1, -0.05) is 47.5 Å². The average Bonchev–Trinajstić information content (AvgIpc) is 3.96. The van der Waals surface area contributed by atoms with E-state index in [2.05, 4.69) is 64.0 Å². The Hall–Kier alpha value is -4.82. The quantitative estimate of drug-likeness (QED) is 0.144. The number of rotatable bonds is 7. The van der Waals surface area contributed by atoms with E-state index in [4.69, 9.17) is 38.1 Å². The third-order valence-corrected chi connectivity index (χ3v) is 13.3. The van der Waals surface area contributed by atoms with Gasteiger partial charge in [0.25, 0.3) is 0 Å². The number of hydrogen-bond donors (Lipinski definition) is 3. The highest BCUT2D eigenvalue weighted by molar-refractivity contribution is 8.00. The molecule has 0 radical (unpaired) electrons. The van der Waals surface area contributed by atoms with E-state index in [-0.39, 0.29) is 10.5 Å². The number of hydrogen-bond acceptors (Lipinski definition) is 9. The van der Waals surface area contributed by atoms with Crippen LogP contribution in [-0.2, 0) is 20.6 Å². The van der Waals surface area contributed by atoms with Crippen molar-refractivity contribution in [2.24, 2.45) is 14.1 Å². The van der Waals surface area contributed by atoms with Gasteiger partial charge in [-0.2, -0.15) is 20.4 Å². The fourth-order valence-corrected chi connectivity index (χ4v) is 10.6. The zero-order valence-corrected chi connectivity index (χ0v) is 35.5. The highest BCUT2D eigenvalue weighted by Crippen LogP contribution is 2.48. The number of aromatic amines is 1. The van der Waals surface area contributed by atoms with Crippen LogP contribution in [-0.4, -0.2) is 71.2 Å². The molecule has 2 aliphatic rings. The fourth-order valence-electron chi connectivity index (χ4n) is 7.55. The molecule has 3 N–H and O–H groups in total. The molecule has 0 saturated heterocycles. The number of ether oxygens (including phenoxy) is 1. The topological polar surface area (TPSA) is 115 Å². The maximum Gasteiger partial charge on any atom is 0.129 e. The molecule has 0 fully saturated rings. The van der Waals surface area contributed by atoms with Crippen molar-refractivity contribution in [3.8, 4) is 28.5 Å². The molecule has 0 bridgehead atoms. The van der Waals surface area contributed by atoms with E-state index < -0.39 is 0 Å². The van der Waals surface area contributed by atoms with Crippen LogP contribution in [0.4, 0.5) is 11.6 Å². The Morgan fingerprint density at radius 3 is 1.86 bits per heavy atom. The Morgan fingerprint density at radius 2 is 1.32 bits per heavy atom. The highest BCUT2D eigenvalue weighted by Gasteiger charge is 2.32. The molecule has 2 unspecified atom stereocenters. The molecule has 0 amide bonds. The Balaban J connectivity index is 0.000000168. The lowest BCUT2D eigenvalue weighted by molar-refractivity contribution is 0.414. The van der Waals surface area contributed by atoms with Gasteiger partial charge in [0.05, 0.1) is 35.5 Å². The Bertz CT molecular complexity index is 2490.